The van der Waals surface area contributed by atoms with Crippen LogP contribution < -0.4 is 0 Å². The van der Waals surface area contributed by atoms with Crippen molar-refractivity contribution >= 4 is 31.2 Å². The highest BCUT2D eigenvalue weighted by Gasteiger charge is 2.47. The first-order valence-corrected chi connectivity index (χ1v) is 9.91. The van der Waals surface area contributed by atoms with Gasteiger partial charge in [0.1, 0.15) is 0 Å². The average Bonchev–Trinajstić information content (AvgIpc) is 2.70. The van der Waals surface area contributed by atoms with E-state index in [9.17, 15) is 0 Å². The predicted octanol–water partition coefficient (Wildman–Crippen LogP) is 4.27. The van der Waals surface area contributed by atoms with Crippen molar-refractivity contribution in [2.24, 2.45) is 0 Å². The minimum atomic E-state index is -1.93. The van der Waals surface area contributed by atoms with Gasteiger partial charge in [0.25, 0.3) is 0 Å². The number of hydrogen-bond donors (Lipinski definition) is 0. The van der Waals surface area contributed by atoms with Gasteiger partial charge in [-0.05, 0) is 26.7 Å². The van der Waals surface area contributed by atoms with Crippen molar-refractivity contribution < 1.29 is 8.85 Å². The van der Waals surface area contributed by atoms with E-state index in [1.807, 2.05) is 0 Å². The van der Waals surface area contributed by atoms with Crippen LogP contribution in [0.5, 0.6) is 0 Å². The number of hydrogen-bond acceptors (Lipinski definition) is 2. The molecule has 0 aromatic carbocycles. The summed E-state index contributed by atoms with van der Waals surface area (Å²) in [5.74, 6) is 0. The summed E-state index contributed by atoms with van der Waals surface area (Å²) in [6.45, 7) is 8.11. The Morgan fingerprint density at radius 3 is 2.06 bits per heavy atom. The van der Waals surface area contributed by atoms with Gasteiger partial charge in [-0.2, -0.15) is 0 Å². The smallest absolute Gasteiger partial charge is 0.342 e. The Hall–Kier alpha value is 0.867. The number of halogens is 1. The van der Waals surface area contributed by atoms with Crippen molar-refractivity contribution in [3.05, 3.63) is 0 Å². The lowest BCUT2D eigenvalue weighted by molar-refractivity contribution is 0.172. The highest BCUT2D eigenvalue weighted by Crippen LogP contribution is 2.43. The van der Waals surface area contributed by atoms with Gasteiger partial charge in [-0.15, -0.1) is 0 Å². The monoisotopic (exact) mass is 356 g/mol. The molecular formula is C12H25IO2Si. The highest BCUT2D eigenvalue weighted by atomic mass is 127. The van der Waals surface area contributed by atoms with E-state index < -0.39 is 8.56 Å². The fraction of sp³-hybridized carbons (Fsp3) is 1.00. The van der Waals surface area contributed by atoms with Crippen LogP contribution in [0.4, 0.5) is 0 Å². The molecule has 0 N–H and O–H groups in total. The van der Waals surface area contributed by atoms with E-state index in [1.165, 1.54) is 25.7 Å². The van der Waals surface area contributed by atoms with E-state index in [-0.39, 0.29) is 0 Å². The first-order valence-electron chi connectivity index (χ1n) is 6.56. The normalized spacial score (nSPS) is 20.2. The molecule has 16 heavy (non-hydrogen) atoms. The van der Waals surface area contributed by atoms with Crippen LogP contribution in [0.3, 0.4) is 0 Å². The van der Waals surface area contributed by atoms with E-state index >= 15 is 0 Å². The Balaban J connectivity index is 2.75. The van der Waals surface area contributed by atoms with Crippen LogP contribution in [0.15, 0.2) is 0 Å². The van der Waals surface area contributed by atoms with Crippen molar-refractivity contribution in [1.29, 1.82) is 0 Å². The van der Waals surface area contributed by atoms with Gasteiger partial charge >= 0.3 is 8.56 Å². The topological polar surface area (TPSA) is 18.5 Å². The molecule has 1 atom stereocenters. The van der Waals surface area contributed by atoms with Gasteiger partial charge < -0.3 is 8.85 Å². The van der Waals surface area contributed by atoms with Crippen LogP contribution in [0.2, 0.25) is 11.6 Å². The largest absolute Gasteiger partial charge is 0.394 e. The Morgan fingerprint density at radius 2 is 1.69 bits per heavy atom. The lowest BCUT2D eigenvalue weighted by Crippen LogP contribution is -2.47. The second-order valence-corrected chi connectivity index (χ2v) is 10.2. The summed E-state index contributed by atoms with van der Waals surface area (Å²) < 4.78 is 13.0. The Kier molecular flexibility index (Phi) is 6.84. The van der Waals surface area contributed by atoms with Crippen molar-refractivity contribution in [2.45, 2.75) is 62.0 Å². The number of alkyl halides is 1. The summed E-state index contributed by atoms with van der Waals surface area (Å²) in [6, 6.07) is 1.15. The lowest BCUT2D eigenvalue weighted by Gasteiger charge is -2.36. The molecule has 1 aliphatic carbocycles. The Labute approximate surface area is 115 Å². The van der Waals surface area contributed by atoms with Crippen LogP contribution >= 0.6 is 22.6 Å². The molecule has 0 amide bonds. The Bertz CT molecular complexity index is 187. The first kappa shape index (κ1) is 14.9. The fourth-order valence-electron chi connectivity index (χ4n) is 2.81. The molecule has 96 valence electrons. The fourth-order valence-corrected chi connectivity index (χ4v) is 8.82. The molecule has 1 unspecified atom stereocenters. The summed E-state index contributed by atoms with van der Waals surface area (Å²) in [5.41, 5.74) is 0.740. The van der Waals surface area contributed by atoms with Gasteiger partial charge in [0.2, 0.25) is 0 Å². The van der Waals surface area contributed by atoms with Crippen LogP contribution in [-0.2, 0) is 8.85 Å². The third-order valence-electron chi connectivity index (χ3n) is 3.32. The zero-order chi connectivity index (χ0) is 12.0. The highest BCUT2D eigenvalue weighted by molar-refractivity contribution is 14.1. The van der Waals surface area contributed by atoms with Gasteiger partial charge in [0, 0.05) is 28.7 Å². The second kappa shape index (κ2) is 7.33. The summed E-state index contributed by atoms with van der Waals surface area (Å²) >= 11 is 2.51. The van der Waals surface area contributed by atoms with E-state index in [1.54, 1.807) is 0 Å². The molecule has 0 heterocycles. The van der Waals surface area contributed by atoms with Gasteiger partial charge in [0.15, 0.2) is 0 Å². The molecule has 0 radical (unpaired) electrons. The molecule has 4 heteroatoms. The molecule has 0 bridgehead atoms. The minimum absolute atomic E-state index is 0.656. The van der Waals surface area contributed by atoms with Crippen LogP contribution in [0.25, 0.3) is 0 Å². The van der Waals surface area contributed by atoms with Crippen molar-refractivity contribution in [3.63, 3.8) is 0 Å². The summed E-state index contributed by atoms with van der Waals surface area (Å²) in [6.07, 6.45) is 5.40. The van der Waals surface area contributed by atoms with Crippen molar-refractivity contribution in [2.75, 3.05) is 13.2 Å². The molecule has 0 aliphatic heterocycles. The van der Waals surface area contributed by atoms with E-state index in [0.717, 1.165) is 24.8 Å². The summed E-state index contributed by atoms with van der Waals surface area (Å²) in [7, 11) is -1.93. The van der Waals surface area contributed by atoms with Crippen LogP contribution in [0, 0.1) is 0 Å². The van der Waals surface area contributed by atoms with Crippen LogP contribution in [-0.4, -0.2) is 25.7 Å². The van der Waals surface area contributed by atoms with Gasteiger partial charge in [-0.3, -0.25) is 0 Å². The average molecular weight is 356 g/mol. The molecule has 0 aromatic heterocycles. The van der Waals surface area contributed by atoms with Gasteiger partial charge in [-0.25, -0.2) is 0 Å². The third kappa shape index (κ3) is 3.96. The predicted molar refractivity (Wildman–Crippen MR) is 79.5 cm³/mol. The second-order valence-electron chi connectivity index (χ2n) is 4.64. The molecule has 1 aliphatic rings. The summed E-state index contributed by atoms with van der Waals surface area (Å²) in [5, 5.41) is 0. The van der Waals surface area contributed by atoms with Crippen molar-refractivity contribution in [3.8, 4) is 0 Å². The summed E-state index contributed by atoms with van der Waals surface area (Å²) in [4.78, 5) is 0. The maximum Gasteiger partial charge on any atom is 0.342 e. The molecule has 0 spiro atoms. The zero-order valence-electron chi connectivity index (χ0n) is 10.8. The molecule has 0 aromatic rings. The van der Waals surface area contributed by atoms with Crippen molar-refractivity contribution in [1.82, 2.24) is 0 Å². The molecule has 1 fully saturated rings. The Morgan fingerprint density at radius 1 is 1.19 bits per heavy atom. The minimum Gasteiger partial charge on any atom is -0.394 e. The van der Waals surface area contributed by atoms with Gasteiger partial charge in [0.05, 0.1) is 0 Å². The molecular weight excluding hydrogens is 331 g/mol. The quantitative estimate of drug-likeness (QED) is 0.385. The number of rotatable bonds is 7. The third-order valence-corrected chi connectivity index (χ3v) is 9.15. The van der Waals surface area contributed by atoms with Gasteiger partial charge in [-0.1, -0.05) is 42.4 Å². The standard InChI is InChI=1S/C12H25IO2Si/c1-4-14-16(15-5-2,10-11(3)13)12-8-6-7-9-12/h11-12H,4-10H2,1-3H3. The van der Waals surface area contributed by atoms with Crippen LogP contribution in [0.1, 0.15) is 46.5 Å². The zero-order valence-corrected chi connectivity index (χ0v) is 14.0. The molecule has 1 saturated carbocycles. The first-order chi connectivity index (χ1) is 7.64. The maximum absolute atomic E-state index is 6.18. The van der Waals surface area contributed by atoms with E-state index in [0.29, 0.717) is 3.92 Å². The molecule has 0 saturated heterocycles. The maximum atomic E-state index is 6.18. The molecule has 2 nitrogen and oxygen atoms in total. The lowest BCUT2D eigenvalue weighted by atomic mass is 10.4. The van der Waals surface area contributed by atoms with E-state index in [4.69, 9.17) is 8.85 Å². The SMILES string of the molecule is CCO[Si](CC(C)I)(OCC)C1CCCC1. The van der Waals surface area contributed by atoms with E-state index in [2.05, 4.69) is 43.4 Å². The molecule has 1 rings (SSSR count).